The Bertz CT molecular complexity index is 599. The molecule has 1 amide bonds. The molecule has 1 aliphatic rings. The molecular weight excluding hydrogens is 240 g/mol. The molecule has 1 aromatic carbocycles. The number of benzene rings is 1. The first-order valence-electron chi connectivity index (χ1n) is 6.16. The van der Waals surface area contributed by atoms with E-state index in [-0.39, 0.29) is 17.9 Å². The van der Waals surface area contributed by atoms with Crippen LogP contribution in [0.3, 0.4) is 0 Å². The highest BCUT2D eigenvalue weighted by Crippen LogP contribution is 2.34. The fourth-order valence-electron chi connectivity index (χ4n) is 2.62. The third kappa shape index (κ3) is 2.14. The summed E-state index contributed by atoms with van der Waals surface area (Å²) in [5, 5.41) is 3.20. The molecule has 0 spiro atoms. The molecule has 96 valence electrons. The van der Waals surface area contributed by atoms with Crippen LogP contribution < -0.4 is 11.1 Å². The average Bonchev–Trinajstić information content (AvgIpc) is 2.77. The molecule has 5 heteroatoms. The number of carbonyl (C=O) groups is 1. The lowest BCUT2D eigenvalue weighted by Gasteiger charge is -2.18. The van der Waals surface area contributed by atoms with Crippen molar-refractivity contribution >= 4 is 11.9 Å². The molecule has 19 heavy (non-hydrogen) atoms. The monoisotopic (exact) mass is 254 g/mol. The second-order valence-electron chi connectivity index (χ2n) is 4.61. The second-order valence-corrected chi connectivity index (χ2v) is 4.61. The number of nitrogens with one attached hydrogen (secondary N) is 1. The minimum absolute atomic E-state index is 0.0858. The van der Waals surface area contributed by atoms with E-state index in [1.807, 2.05) is 24.3 Å². The van der Waals surface area contributed by atoms with Gasteiger partial charge in [0.2, 0.25) is 11.9 Å². The summed E-state index contributed by atoms with van der Waals surface area (Å²) >= 11 is 0. The van der Waals surface area contributed by atoms with E-state index in [1.165, 1.54) is 0 Å². The molecule has 0 aliphatic heterocycles. The van der Waals surface area contributed by atoms with E-state index in [9.17, 15) is 4.79 Å². The summed E-state index contributed by atoms with van der Waals surface area (Å²) in [5.74, 6) is -0.134. The van der Waals surface area contributed by atoms with Gasteiger partial charge in [-0.15, -0.1) is 0 Å². The van der Waals surface area contributed by atoms with Crippen LogP contribution in [0, 0.1) is 0 Å². The number of aromatic nitrogens is 2. The molecule has 0 radical (unpaired) electrons. The Morgan fingerprint density at radius 3 is 2.68 bits per heavy atom. The van der Waals surface area contributed by atoms with E-state index in [2.05, 4.69) is 15.3 Å². The number of anilines is 1. The first-order valence-corrected chi connectivity index (χ1v) is 6.16. The Morgan fingerprint density at radius 1 is 1.21 bits per heavy atom. The number of rotatable bonds is 3. The summed E-state index contributed by atoms with van der Waals surface area (Å²) in [6.45, 7) is 0. The molecule has 0 saturated heterocycles. The topological polar surface area (TPSA) is 80.9 Å². The number of primary amides is 1. The van der Waals surface area contributed by atoms with Gasteiger partial charge in [0.15, 0.2) is 0 Å². The van der Waals surface area contributed by atoms with Gasteiger partial charge in [0.05, 0.1) is 5.92 Å². The van der Waals surface area contributed by atoms with E-state index in [1.54, 1.807) is 18.5 Å². The van der Waals surface area contributed by atoms with Gasteiger partial charge < -0.3 is 11.1 Å². The molecule has 3 N–H and O–H groups in total. The average molecular weight is 254 g/mol. The van der Waals surface area contributed by atoms with Crippen LogP contribution in [0.4, 0.5) is 5.95 Å². The van der Waals surface area contributed by atoms with Gasteiger partial charge in [0, 0.05) is 18.4 Å². The van der Waals surface area contributed by atoms with Crippen LogP contribution in [-0.4, -0.2) is 21.9 Å². The predicted octanol–water partition coefficient (Wildman–Crippen LogP) is 1.08. The molecule has 5 nitrogen and oxygen atoms in total. The van der Waals surface area contributed by atoms with Crippen molar-refractivity contribution in [2.45, 2.75) is 18.4 Å². The second kappa shape index (κ2) is 4.68. The highest BCUT2D eigenvalue weighted by molar-refractivity contribution is 5.85. The number of nitrogens with two attached hydrogens (primary N) is 1. The fraction of sp³-hybridized carbons (Fsp3) is 0.214. The van der Waals surface area contributed by atoms with Crippen LogP contribution in [0.15, 0.2) is 42.7 Å². The van der Waals surface area contributed by atoms with Gasteiger partial charge in [-0.1, -0.05) is 24.3 Å². The van der Waals surface area contributed by atoms with Crippen molar-refractivity contribution in [1.29, 1.82) is 0 Å². The molecule has 1 heterocycles. The van der Waals surface area contributed by atoms with Crippen LogP contribution in [-0.2, 0) is 11.2 Å². The van der Waals surface area contributed by atoms with Crippen LogP contribution in [0.2, 0.25) is 0 Å². The van der Waals surface area contributed by atoms with Crippen molar-refractivity contribution in [1.82, 2.24) is 9.97 Å². The van der Waals surface area contributed by atoms with E-state index in [4.69, 9.17) is 5.73 Å². The minimum Gasteiger partial charge on any atom is -0.369 e. The summed E-state index contributed by atoms with van der Waals surface area (Å²) < 4.78 is 0. The fourth-order valence-corrected chi connectivity index (χ4v) is 2.62. The molecule has 2 aromatic rings. The SMILES string of the molecule is NC(=O)C1c2ccccc2CC1Nc1ncccn1. The van der Waals surface area contributed by atoms with E-state index in [0.717, 1.165) is 17.5 Å². The lowest BCUT2D eigenvalue weighted by atomic mass is 9.98. The van der Waals surface area contributed by atoms with E-state index < -0.39 is 0 Å². The molecule has 0 fully saturated rings. The van der Waals surface area contributed by atoms with Gasteiger partial charge in [0.1, 0.15) is 0 Å². The van der Waals surface area contributed by atoms with E-state index >= 15 is 0 Å². The molecule has 3 rings (SSSR count). The third-order valence-electron chi connectivity index (χ3n) is 3.42. The summed E-state index contributed by atoms with van der Waals surface area (Å²) in [4.78, 5) is 20.0. The van der Waals surface area contributed by atoms with E-state index in [0.29, 0.717) is 5.95 Å². The maximum atomic E-state index is 11.7. The van der Waals surface area contributed by atoms with Gasteiger partial charge in [-0.25, -0.2) is 9.97 Å². The Hall–Kier alpha value is -2.43. The smallest absolute Gasteiger partial charge is 0.227 e. The number of fused-ring (bicyclic) bond motifs is 1. The first-order chi connectivity index (χ1) is 9.25. The van der Waals surface area contributed by atoms with Crippen molar-refractivity contribution < 1.29 is 4.79 Å². The first kappa shape index (κ1) is 11.6. The van der Waals surface area contributed by atoms with Gasteiger partial charge in [-0.3, -0.25) is 4.79 Å². The molecule has 1 aliphatic carbocycles. The minimum atomic E-state index is -0.333. The summed E-state index contributed by atoms with van der Waals surface area (Å²) in [6, 6.07) is 9.54. The van der Waals surface area contributed by atoms with Crippen LogP contribution in [0.1, 0.15) is 17.0 Å². The van der Waals surface area contributed by atoms with Crippen molar-refractivity contribution in [2.24, 2.45) is 5.73 Å². The Kier molecular flexibility index (Phi) is 2.87. The Balaban J connectivity index is 1.89. The van der Waals surface area contributed by atoms with Crippen molar-refractivity contribution in [2.75, 3.05) is 5.32 Å². The highest BCUT2D eigenvalue weighted by Gasteiger charge is 2.36. The van der Waals surface area contributed by atoms with Crippen molar-refractivity contribution in [3.63, 3.8) is 0 Å². The normalized spacial score (nSPS) is 20.8. The molecule has 0 saturated carbocycles. The Labute approximate surface area is 110 Å². The maximum Gasteiger partial charge on any atom is 0.227 e. The standard InChI is InChI=1S/C14H14N4O/c15-13(19)12-10-5-2-1-4-9(10)8-11(12)18-14-16-6-3-7-17-14/h1-7,11-12H,8H2,(H2,15,19)(H,16,17,18). The number of hydrogen-bond acceptors (Lipinski definition) is 4. The lowest BCUT2D eigenvalue weighted by Crippen LogP contribution is -2.34. The lowest BCUT2D eigenvalue weighted by molar-refractivity contribution is -0.119. The predicted molar refractivity (Wildman–Crippen MR) is 71.5 cm³/mol. The molecular formula is C14H14N4O. The quantitative estimate of drug-likeness (QED) is 0.859. The van der Waals surface area contributed by atoms with Gasteiger partial charge >= 0.3 is 0 Å². The van der Waals surface area contributed by atoms with Gasteiger partial charge in [0.25, 0.3) is 0 Å². The number of nitrogens with zero attached hydrogens (tertiary/aromatic N) is 2. The van der Waals surface area contributed by atoms with Gasteiger partial charge in [-0.2, -0.15) is 0 Å². The highest BCUT2D eigenvalue weighted by atomic mass is 16.1. The summed E-state index contributed by atoms with van der Waals surface area (Å²) in [5.41, 5.74) is 7.69. The zero-order valence-electron chi connectivity index (χ0n) is 10.3. The summed E-state index contributed by atoms with van der Waals surface area (Å²) in [6.07, 6.45) is 4.08. The third-order valence-corrected chi connectivity index (χ3v) is 3.42. The van der Waals surface area contributed by atoms with Crippen LogP contribution in [0.25, 0.3) is 0 Å². The molecule has 0 bridgehead atoms. The van der Waals surface area contributed by atoms with Crippen LogP contribution in [0.5, 0.6) is 0 Å². The Morgan fingerprint density at radius 2 is 1.95 bits per heavy atom. The largest absolute Gasteiger partial charge is 0.369 e. The zero-order chi connectivity index (χ0) is 13.2. The zero-order valence-corrected chi connectivity index (χ0v) is 10.3. The van der Waals surface area contributed by atoms with Gasteiger partial charge in [-0.05, 0) is 23.6 Å². The number of amides is 1. The molecule has 1 aromatic heterocycles. The van der Waals surface area contributed by atoms with Crippen molar-refractivity contribution in [3.05, 3.63) is 53.9 Å². The maximum absolute atomic E-state index is 11.7. The number of hydrogen-bond donors (Lipinski definition) is 2. The van der Waals surface area contributed by atoms with Crippen molar-refractivity contribution in [3.8, 4) is 0 Å². The molecule has 2 unspecified atom stereocenters. The summed E-state index contributed by atoms with van der Waals surface area (Å²) in [7, 11) is 0. The van der Waals surface area contributed by atoms with Crippen LogP contribution >= 0.6 is 0 Å². The molecule has 2 atom stereocenters. The number of carbonyl (C=O) groups excluding carboxylic acids is 1.